The molecule has 0 saturated heterocycles. The van der Waals surface area contributed by atoms with Crippen molar-refractivity contribution in [1.29, 1.82) is 0 Å². The second kappa shape index (κ2) is 5.48. The Bertz CT molecular complexity index is 611. The molecule has 0 aliphatic carbocycles. The van der Waals surface area contributed by atoms with Crippen LogP contribution >= 0.6 is 0 Å². The van der Waals surface area contributed by atoms with Gasteiger partial charge in [0.25, 0.3) is 0 Å². The van der Waals surface area contributed by atoms with Gasteiger partial charge in [-0.15, -0.1) is 0 Å². The van der Waals surface area contributed by atoms with Crippen molar-refractivity contribution >= 4 is 5.69 Å². The summed E-state index contributed by atoms with van der Waals surface area (Å²) in [5, 5.41) is 3.56. The topological polar surface area (TPSA) is 46.0 Å². The molecule has 0 fully saturated rings. The molecule has 0 amide bonds. The number of hydrogen-bond donors (Lipinski definition) is 1. The third-order valence-electron chi connectivity index (χ3n) is 3.78. The van der Waals surface area contributed by atoms with Crippen LogP contribution in [0.3, 0.4) is 0 Å². The Morgan fingerprint density at radius 1 is 1.24 bits per heavy atom. The number of aromatic nitrogens is 3. The summed E-state index contributed by atoms with van der Waals surface area (Å²) in [6, 6.07) is 2.11. The Balaban J connectivity index is 1.79. The maximum absolute atomic E-state index is 4.43. The molecule has 5 heteroatoms. The number of nitrogens with zero attached hydrogens (tertiary/aromatic N) is 4. The standard InChI is InChI=1S/C16H23N5/c1-16(2,3)19-10-13-4-5-17-11-14(13)21-9-8-20-7-6-18-15(20)12-21/h4-7,11,19H,8-10,12H2,1-3H3. The highest BCUT2D eigenvalue weighted by Crippen LogP contribution is 2.24. The molecule has 21 heavy (non-hydrogen) atoms. The van der Waals surface area contributed by atoms with Gasteiger partial charge in [-0.3, -0.25) is 4.98 Å². The van der Waals surface area contributed by atoms with Crippen LogP contribution < -0.4 is 10.2 Å². The number of hydrogen-bond acceptors (Lipinski definition) is 4. The molecule has 0 saturated carbocycles. The summed E-state index contributed by atoms with van der Waals surface area (Å²) < 4.78 is 2.22. The van der Waals surface area contributed by atoms with Crippen molar-refractivity contribution in [1.82, 2.24) is 19.9 Å². The fourth-order valence-corrected chi connectivity index (χ4v) is 2.59. The Kier molecular flexibility index (Phi) is 3.68. The van der Waals surface area contributed by atoms with Crippen LogP contribution in [0.25, 0.3) is 0 Å². The van der Waals surface area contributed by atoms with Gasteiger partial charge in [-0.25, -0.2) is 4.98 Å². The van der Waals surface area contributed by atoms with Crippen molar-refractivity contribution in [2.75, 3.05) is 11.4 Å². The first-order valence-corrected chi connectivity index (χ1v) is 7.46. The Morgan fingerprint density at radius 2 is 2.10 bits per heavy atom. The zero-order valence-corrected chi connectivity index (χ0v) is 13.0. The fourth-order valence-electron chi connectivity index (χ4n) is 2.59. The molecule has 0 atom stereocenters. The molecule has 0 spiro atoms. The predicted octanol–water partition coefficient (Wildman–Crippen LogP) is 2.19. The van der Waals surface area contributed by atoms with Crippen LogP contribution in [0.2, 0.25) is 0 Å². The van der Waals surface area contributed by atoms with E-state index >= 15 is 0 Å². The van der Waals surface area contributed by atoms with Gasteiger partial charge in [-0.1, -0.05) is 0 Å². The maximum Gasteiger partial charge on any atom is 0.128 e. The molecule has 1 N–H and O–H groups in total. The molecule has 0 aromatic carbocycles. The smallest absolute Gasteiger partial charge is 0.128 e. The first-order chi connectivity index (χ1) is 10.0. The molecule has 0 radical (unpaired) electrons. The van der Waals surface area contributed by atoms with E-state index in [1.54, 1.807) is 0 Å². The summed E-state index contributed by atoms with van der Waals surface area (Å²) >= 11 is 0. The van der Waals surface area contributed by atoms with E-state index in [4.69, 9.17) is 0 Å². The van der Waals surface area contributed by atoms with Gasteiger partial charge >= 0.3 is 0 Å². The first kappa shape index (κ1) is 14.1. The SMILES string of the molecule is CC(C)(C)NCc1ccncc1N1CCn2ccnc2C1. The lowest BCUT2D eigenvalue weighted by Crippen LogP contribution is -2.37. The molecule has 0 bridgehead atoms. The summed E-state index contributed by atoms with van der Waals surface area (Å²) in [4.78, 5) is 11.1. The zero-order chi connectivity index (χ0) is 14.9. The molecular weight excluding hydrogens is 262 g/mol. The lowest BCUT2D eigenvalue weighted by atomic mass is 10.1. The lowest BCUT2D eigenvalue weighted by molar-refractivity contribution is 0.423. The molecule has 3 heterocycles. The van der Waals surface area contributed by atoms with Crippen LogP contribution in [0.5, 0.6) is 0 Å². The van der Waals surface area contributed by atoms with Gasteiger partial charge < -0.3 is 14.8 Å². The second-order valence-electron chi connectivity index (χ2n) is 6.57. The fraction of sp³-hybridized carbons (Fsp3) is 0.500. The van der Waals surface area contributed by atoms with E-state index in [1.807, 2.05) is 18.6 Å². The Morgan fingerprint density at radius 3 is 2.90 bits per heavy atom. The molecule has 0 unspecified atom stereocenters. The van der Waals surface area contributed by atoms with E-state index in [0.717, 1.165) is 32.0 Å². The van der Waals surface area contributed by atoms with Crippen LogP contribution in [-0.4, -0.2) is 26.6 Å². The van der Waals surface area contributed by atoms with Gasteiger partial charge in [-0.2, -0.15) is 0 Å². The van der Waals surface area contributed by atoms with E-state index in [1.165, 1.54) is 11.3 Å². The van der Waals surface area contributed by atoms with Gasteiger partial charge in [0, 0.05) is 43.8 Å². The quantitative estimate of drug-likeness (QED) is 0.939. The van der Waals surface area contributed by atoms with Crippen LogP contribution in [0.1, 0.15) is 32.2 Å². The highest BCUT2D eigenvalue weighted by atomic mass is 15.2. The molecule has 5 nitrogen and oxygen atoms in total. The van der Waals surface area contributed by atoms with E-state index in [2.05, 4.69) is 57.8 Å². The number of pyridine rings is 1. The number of rotatable bonds is 3. The van der Waals surface area contributed by atoms with Gasteiger partial charge in [0.05, 0.1) is 18.4 Å². The van der Waals surface area contributed by atoms with Gasteiger partial charge in [0.2, 0.25) is 0 Å². The monoisotopic (exact) mass is 285 g/mol. The second-order valence-corrected chi connectivity index (χ2v) is 6.57. The summed E-state index contributed by atoms with van der Waals surface area (Å²) in [5.74, 6) is 1.12. The minimum atomic E-state index is 0.110. The van der Waals surface area contributed by atoms with Crippen LogP contribution in [0.4, 0.5) is 5.69 Å². The van der Waals surface area contributed by atoms with Crippen LogP contribution in [0.15, 0.2) is 30.9 Å². The molecule has 1 aliphatic rings. The summed E-state index contributed by atoms with van der Waals surface area (Å²) in [6.45, 7) is 10.2. The first-order valence-electron chi connectivity index (χ1n) is 7.46. The minimum Gasteiger partial charge on any atom is -0.361 e. The van der Waals surface area contributed by atoms with Crippen molar-refractivity contribution in [3.05, 3.63) is 42.2 Å². The molecule has 1 aliphatic heterocycles. The molecule has 2 aromatic heterocycles. The van der Waals surface area contributed by atoms with Crippen molar-refractivity contribution in [2.45, 2.75) is 45.9 Å². The number of fused-ring (bicyclic) bond motifs is 1. The predicted molar refractivity (Wildman–Crippen MR) is 84.1 cm³/mol. The van der Waals surface area contributed by atoms with Gasteiger partial charge in [0.1, 0.15) is 5.82 Å². The lowest BCUT2D eigenvalue weighted by Gasteiger charge is -2.31. The number of nitrogens with one attached hydrogen (secondary N) is 1. The largest absolute Gasteiger partial charge is 0.361 e. The Hall–Kier alpha value is -1.88. The summed E-state index contributed by atoms with van der Waals surface area (Å²) in [5.41, 5.74) is 2.61. The third kappa shape index (κ3) is 3.24. The Labute approximate surface area is 126 Å². The normalized spacial score (nSPS) is 15.1. The minimum absolute atomic E-state index is 0.110. The summed E-state index contributed by atoms with van der Waals surface area (Å²) in [7, 11) is 0. The molecule has 3 rings (SSSR count). The van der Waals surface area contributed by atoms with E-state index in [9.17, 15) is 0 Å². The van der Waals surface area contributed by atoms with Crippen molar-refractivity contribution in [3.63, 3.8) is 0 Å². The summed E-state index contributed by atoms with van der Waals surface area (Å²) in [6.07, 6.45) is 7.77. The van der Waals surface area contributed by atoms with E-state index in [0.29, 0.717) is 0 Å². The number of anilines is 1. The highest BCUT2D eigenvalue weighted by Gasteiger charge is 2.19. The highest BCUT2D eigenvalue weighted by molar-refractivity contribution is 5.52. The van der Waals surface area contributed by atoms with Crippen molar-refractivity contribution in [2.24, 2.45) is 0 Å². The third-order valence-corrected chi connectivity index (χ3v) is 3.78. The number of imidazole rings is 1. The van der Waals surface area contributed by atoms with Gasteiger partial charge in [-0.05, 0) is 32.4 Å². The van der Waals surface area contributed by atoms with Crippen LogP contribution in [0, 0.1) is 0 Å². The molecular formula is C16H23N5. The molecule has 112 valence electrons. The van der Waals surface area contributed by atoms with E-state index < -0.39 is 0 Å². The average molecular weight is 285 g/mol. The van der Waals surface area contributed by atoms with Gasteiger partial charge in [0.15, 0.2) is 0 Å². The zero-order valence-electron chi connectivity index (χ0n) is 13.0. The maximum atomic E-state index is 4.43. The van der Waals surface area contributed by atoms with Crippen molar-refractivity contribution < 1.29 is 0 Å². The molecule has 2 aromatic rings. The van der Waals surface area contributed by atoms with Crippen molar-refractivity contribution in [3.8, 4) is 0 Å². The van der Waals surface area contributed by atoms with E-state index in [-0.39, 0.29) is 5.54 Å². The van der Waals surface area contributed by atoms with Crippen LogP contribution in [-0.2, 0) is 19.6 Å². The average Bonchev–Trinajstić information content (AvgIpc) is 2.92.